The van der Waals surface area contributed by atoms with Gasteiger partial charge in [0.1, 0.15) is 12.0 Å². The first kappa shape index (κ1) is 11.9. The van der Waals surface area contributed by atoms with Gasteiger partial charge in [-0.05, 0) is 28.1 Å². The highest BCUT2D eigenvalue weighted by Gasteiger charge is 2.07. The number of aliphatic hydroxyl groups is 1. The highest BCUT2D eigenvalue weighted by molar-refractivity contribution is 9.10. The van der Waals surface area contributed by atoms with E-state index in [0.29, 0.717) is 5.82 Å². The van der Waals surface area contributed by atoms with E-state index in [1.165, 1.54) is 0 Å². The van der Waals surface area contributed by atoms with Crippen LogP contribution in [0.5, 0.6) is 0 Å². The number of aliphatic hydroxyl groups excluding tert-OH is 1. The Morgan fingerprint density at radius 3 is 2.87 bits per heavy atom. The number of anilines is 1. The van der Waals surface area contributed by atoms with E-state index in [9.17, 15) is 9.90 Å². The lowest BCUT2D eigenvalue weighted by Crippen LogP contribution is -2.20. The molecule has 0 aliphatic rings. The zero-order valence-electron chi connectivity index (χ0n) is 7.85. The number of hydrogen-bond donors (Lipinski definition) is 3. The highest BCUT2D eigenvalue weighted by atomic mass is 79.9. The summed E-state index contributed by atoms with van der Waals surface area (Å²) in [5, 5.41) is 20.5. The standard InChI is InChI=1S/C9H11BrN2O3/c10-6-1-2-7(11-5-6)12-8(13)3-4-9(14)15/h1-2,5,8,13H,3-4H2,(H,11,12)(H,14,15). The Hall–Kier alpha value is -1.14. The van der Waals surface area contributed by atoms with Crippen molar-refractivity contribution in [3.63, 3.8) is 0 Å². The van der Waals surface area contributed by atoms with Crippen LogP contribution in [-0.2, 0) is 4.79 Å². The molecule has 1 unspecified atom stereocenters. The Kier molecular flexibility index (Phi) is 4.51. The predicted molar refractivity (Wildman–Crippen MR) is 58.4 cm³/mol. The van der Waals surface area contributed by atoms with Crippen molar-refractivity contribution in [2.24, 2.45) is 0 Å². The lowest BCUT2D eigenvalue weighted by molar-refractivity contribution is -0.137. The molecule has 0 amide bonds. The fraction of sp³-hybridized carbons (Fsp3) is 0.333. The van der Waals surface area contributed by atoms with Crippen molar-refractivity contribution >= 4 is 27.7 Å². The molecule has 0 aromatic carbocycles. The van der Waals surface area contributed by atoms with E-state index in [0.717, 1.165) is 4.47 Å². The number of carboxylic acid groups (broad SMARTS) is 1. The molecule has 0 fully saturated rings. The average molecular weight is 275 g/mol. The number of pyridine rings is 1. The van der Waals surface area contributed by atoms with Crippen LogP contribution in [0.2, 0.25) is 0 Å². The van der Waals surface area contributed by atoms with Gasteiger partial charge in [0.25, 0.3) is 0 Å². The molecular formula is C9H11BrN2O3. The number of aromatic nitrogens is 1. The van der Waals surface area contributed by atoms with Crippen LogP contribution in [0.1, 0.15) is 12.8 Å². The Balaban J connectivity index is 2.40. The normalized spacial score (nSPS) is 12.1. The van der Waals surface area contributed by atoms with E-state index in [1.807, 2.05) is 0 Å². The van der Waals surface area contributed by atoms with E-state index >= 15 is 0 Å². The smallest absolute Gasteiger partial charge is 0.303 e. The number of carbonyl (C=O) groups is 1. The molecule has 0 saturated heterocycles. The second-order valence-corrected chi connectivity index (χ2v) is 3.87. The first-order valence-corrected chi connectivity index (χ1v) is 5.15. The van der Waals surface area contributed by atoms with Crippen LogP contribution in [0, 0.1) is 0 Å². The van der Waals surface area contributed by atoms with Crippen LogP contribution in [-0.4, -0.2) is 27.4 Å². The van der Waals surface area contributed by atoms with Gasteiger partial charge in [-0.3, -0.25) is 4.79 Å². The summed E-state index contributed by atoms with van der Waals surface area (Å²) >= 11 is 3.23. The molecular weight excluding hydrogens is 264 g/mol. The highest BCUT2D eigenvalue weighted by Crippen LogP contribution is 2.11. The van der Waals surface area contributed by atoms with Gasteiger partial charge in [0.05, 0.1) is 0 Å². The molecule has 1 aromatic heterocycles. The topological polar surface area (TPSA) is 82.5 Å². The maximum Gasteiger partial charge on any atom is 0.303 e. The summed E-state index contributed by atoms with van der Waals surface area (Å²) in [5.41, 5.74) is 0. The summed E-state index contributed by atoms with van der Waals surface area (Å²) in [6.07, 6.45) is 0.763. The minimum atomic E-state index is -0.931. The maximum atomic E-state index is 10.2. The minimum Gasteiger partial charge on any atom is -0.481 e. The third kappa shape index (κ3) is 4.75. The minimum absolute atomic E-state index is 0.0787. The monoisotopic (exact) mass is 274 g/mol. The lowest BCUT2D eigenvalue weighted by Gasteiger charge is -2.11. The van der Waals surface area contributed by atoms with Crippen molar-refractivity contribution < 1.29 is 15.0 Å². The van der Waals surface area contributed by atoms with E-state index < -0.39 is 12.2 Å². The van der Waals surface area contributed by atoms with Crippen molar-refractivity contribution in [3.8, 4) is 0 Å². The van der Waals surface area contributed by atoms with Crippen LogP contribution < -0.4 is 5.32 Å². The largest absolute Gasteiger partial charge is 0.481 e. The second-order valence-electron chi connectivity index (χ2n) is 2.95. The molecule has 0 bridgehead atoms. The molecule has 6 heteroatoms. The van der Waals surface area contributed by atoms with Gasteiger partial charge in [-0.15, -0.1) is 0 Å². The zero-order chi connectivity index (χ0) is 11.3. The fourth-order valence-electron chi connectivity index (χ4n) is 0.964. The summed E-state index contributed by atoms with van der Waals surface area (Å²) in [4.78, 5) is 14.2. The molecule has 0 saturated carbocycles. The van der Waals surface area contributed by atoms with E-state index in [4.69, 9.17) is 5.11 Å². The van der Waals surface area contributed by atoms with Crippen molar-refractivity contribution in [3.05, 3.63) is 22.8 Å². The molecule has 1 heterocycles. The number of aliphatic carboxylic acids is 1. The van der Waals surface area contributed by atoms with Crippen molar-refractivity contribution in [1.29, 1.82) is 0 Å². The number of carboxylic acids is 1. The molecule has 3 N–H and O–H groups in total. The number of nitrogens with zero attached hydrogens (tertiary/aromatic N) is 1. The Morgan fingerprint density at radius 1 is 1.60 bits per heavy atom. The van der Waals surface area contributed by atoms with Gasteiger partial charge in [-0.2, -0.15) is 0 Å². The number of nitrogens with one attached hydrogen (secondary N) is 1. The van der Waals surface area contributed by atoms with Gasteiger partial charge >= 0.3 is 5.97 Å². The molecule has 5 nitrogen and oxygen atoms in total. The molecule has 1 rings (SSSR count). The molecule has 15 heavy (non-hydrogen) atoms. The molecule has 1 aromatic rings. The number of hydrogen-bond acceptors (Lipinski definition) is 4. The van der Waals surface area contributed by atoms with Crippen LogP contribution in [0.3, 0.4) is 0 Å². The molecule has 0 spiro atoms. The van der Waals surface area contributed by atoms with Crippen LogP contribution >= 0.6 is 15.9 Å². The second kappa shape index (κ2) is 5.67. The summed E-state index contributed by atoms with van der Waals surface area (Å²) < 4.78 is 0.841. The Labute approximate surface area is 95.3 Å². The van der Waals surface area contributed by atoms with E-state index in [-0.39, 0.29) is 12.8 Å². The van der Waals surface area contributed by atoms with Gasteiger partial charge in [0.2, 0.25) is 0 Å². The Morgan fingerprint density at radius 2 is 2.33 bits per heavy atom. The summed E-state index contributed by atoms with van der Waals surface area (Å²) in [5.74, 6) is -0.421. The van der Waals surface area contributed by atoms with Crippen LogP contribution in [0.25, 0.3) is 0 Å². The SMILES string of the molecule is O=C(O)CCC(O)Nc1ccc(Br)cn1. The van der Waals surface area contributed by atoms with Crippen molar-refractivity contribution in [2.45, 2.75) is 19.1 Å². The lowest BCUT2D eigenvalue weighted by atomic mass is 10.3. The van der Waals surface area contributed by atoms with Gasteiger partial charge in [-0.1, -0.05) is 0 Å². The van der Waals surface area contributed by atoms with E-state index in [2.05, 4.69) is 26.2 Å². The zero-order valence-corrected chi connectivity index (χ0v) is 9.44. The quantitative estimate of drug-likeness (QED) is 0.708. The molecule has 0 radical (unpaired) electrons. The average Bonchev–Trinajstić information content (AvgIpc) is 2.19. The summed E-state index contributed by atoms with van der Waals surface area (Å²) in [6.45, 7) is 0. The number of halogens is 1. The van der Waals surface area contributed by atoms with E-state index in [1.54, 1.807) is 18.3 Å². The third-order valence-electron chi connectivity index (χ3n) is 1.67. The van der Waals surface area contributed by atoms with Crippen molar-refractivity contribution in [1.82, 2.24) is 4.98 Å². The number of rotatable bonds is 5. The van der Waals surface area contributed by atoms with Crippen LogP contribution in [0.15, 0.2) is 22.8 Å². The molecule has 1 atom stereocenters. The van der Waals surface area contributed by atoms with Crippen molar-refractivity contribution in [2.75, 3.05) is 5.32 Å². The molecule has 0 aliphatic heterocycles. The van der Waals surface area contributed by atoms with Crippen LogP contribution in [0.4, 0.5) is 5.82 Å². The maximum absolute atomic E-state index is 10.2. The first-order chi connectivity index (χ1) is 7.08. The predicted octanol–water partition coefficient (Wildman–Crippen LogP) is 1.44. The summed E-state index contributed by atoms with van der Waals surface area (Å²) in [7, 11) is 0. The first-order valence-electron chi connectivity index (χ1n) is 4.36. The molecule has 82 valence electrons. The van der Waals surface area contributed by atoms with Gasteiger partial charge in [0.15, 0.2) is 0 Å². The Bertz CT molecular complexity index is 329. The third-order valence-corrected chi connectivity index (χ3v) is 2.14. The van der Waals surface area contributed by atoms with Gasteiger partial charge in [0, 0.05) is 23.5 Å². The summed E-state index contributed by atoms with van der Waals surface area (Å²) in [6, 6.07) is 3.47. The molecule has 0 aliphatic carbocycles. The van der Waals surface area contributed by atoms with Gasteiger partial charge < -0.3 is 15.5 Å². The van der Waals surface area contributed by atoms with Gasteiger partial charge in [-0.25, -0.2) is 4.98 Å². The fourth-order valence-corrected chi connectivity index (χ4v) is 1.20.